The number of benzene rings is 3. The number of para-hydroxylation sites is 2. The van der Waals surface area contributed by atoms with Gasteiger partial charge in [0.15, 0.2) is 0 Å². The number of carbonyl (C=O) groups excluding carboxylic acids is 1. The van der Waals surface area contributed by atoms with E-state index in [9.17, 15) is 13.2 Å². The molecule has 1 amide bonds. The second-order valence-electron chi connectivity index (χ2n) is 8.94. The van der Waals surface area contributed by atoms with E-state index in [0.29, 0.717) is 18.0 Å². The van der Waals surface area contributed by atoms with E-state index in [0.717, 1.165) is 29.5 Å². The molecule has 0 saturated carbocycles. The van der Waals surface area contributed by atoms with E-state index in [2.05, 4.69) is 22.3 Å². The van der Waals surface area contributed by atoms with Crippen LogP contribution in [0.3, 0.4) is 0 Å². The Balaban J connectivity index is 1.48. The number of amides is 1. The number of hydrogen-bond donors (Lipinski definition) is 1. The summed E-state index contributed by atoms with van der Waals surface area (Å²) < 4.78 is 38.9. The standard InChI is InChI=1S/C28H33N3O5S/c1-35-24-13-15-25(16-14-24)37(33,34)31(26-7-3-4-8-27(26)36-2)21-28(32)29-19-22-9-11-23(12-10-22)20-30-17-5-6-18-30/h3-4,7-16H,5-6,17-21H2,1-2H3,(H,29,32). The normalized spacial score (nSPS) is 13.8. The van der Waals surface area contributed by atoms with Crippen molar-refractivity contribution >= 4 is 21.6 Å². The van der Waals surface area contributed by atoms with Gasteiger partial charge in [-0.05, 0) is 73.5 Å². The number of rotatable bonds is 11. The summed E-state index contributed by atoms with van der Waals surface area (Å²) in [7, 11) is -1.10. The molecule has 0 radical (unpaired) electrons. The third kappa shape index (κ3) is 6.61. The Bertz CT molecular complexity index is 1290. The van der Waals surface area contributed by atoms with Gasteiger partial charge in [0, 0.05) is 13.1 Å². The van der Waals surface area contributed by atoms with E-state index in [1.807, 2.05) is 12.1 Å². The Morgan fingerprint density at radius 2 is 1.54 bits per heavy atom. The molecule has 9 heteroatoms. The van der Waals surface area contributed by atoms with E-state index < -0.39 is 22.5 Å². The number of likely N-dealkylation sites (tertiary alicyclic amines) is 1. The van der Waals surface area contributed by atoms with Crippen LogP contribution in [0.5, 0.6) is 11.5 Å². The lowest BCUT2D eigenvalue weighted by Gasteiger charge is -2.25. The van der Waals surface area contributed by atoms with Crippen LogP contribution in [-0.2, 0) is 27.9 Å². The maximum atomic E-state index is 13.6. The lowest BCUT2D eigenvalue weighted by molar-refractivity contribution is -0.119. The summed E-state index contributed by atoms with van der Waals surface area (Å²) in [6.45, 7) is 3.11. The molecule has 3 aromatic rings. The monoisotopic (exact) mass is 523 g/mol. The summed E-state index contributed by atoms with van der Waals surface area (Å²) in [5, 5.41) is 2.85. The number of ether oxygens (including phenoxy) is 2. The van der Waals surface area contributed by atoms with Crippen molar-refractivity contribution in [2.24, 2.45) is 0 Å². The minimum absolute atomic E-state index is 0.0422. The number of hydrogen-bond acceptors (Lipinski definition) is 6. The molecule has 0 atom stereocenters. The summed E-state index contributed by atoms with van der Waals surface area (Å²) in [4.78, 5) is 15.5. The van der Waals surface area contributed by atoms with Gasteiger partial charge in [-0.15, -0.1) is 0 Å². The van der Waals surface area contributed by atoms with E-state index in [4.69, 9.17) is 9.47 Å². The SMILES string of the molecule is COc1ccc(S(=O)(=O)N(CC(=O)NCc2ccc(CN3CCCC3)cc2)c2ccccc2OC)cc1. The smallest absolute Gasteiger partial charge is 0.264 e. The molecule has 0 aliphatic carbocycles. The van der Waals surface area contributed by atoms with Gasteiger partial charge in [-0.25, -0.2) is 8.42 Å². The molecule has 1 saturated heterocycles. The highest BCUT2D eigenvalue weighted by Crippen LogP contribution is 2.32. The van der Waals surface area contributed by atoms with Crippen molar-refractivity contribution in [1.29, 1.82) is 0 Å². The van der Waals surface area contributed by atoms with Gasteiger partial charge >= 0.3 is 0 Å². The molecule has 1 heterocycles. The van der Waals surface area contributed by atoms with Gasteiger partial charge in [0.25, 0.3) is 10.0 Å². The second kappa shape index (κ2) is 12.1. The van der Waals surface area contributed by atoms with Crippen molar-refractivity contribution in [2.75, 3.05) is 38.2 Å². The molecule has 0 bridgehead atoms. The second-order valence-corrected chi connectivity index (χ2v) is 10.8. The third-order valence-corrected chi connectivity index (χ3v) is 8.18. The number of anilines is 1. The topological polar surface area (TPSA) is 88.2 Å². The molecule has 0 unspecified atom stereocenters. The molecular formula is C28H33N3O5S. The van der Waals surface area contributed by atoms with Crippen molar-refractivity contribution in [3.05, 3.63) is 83.9 Å². The molecule has 1 fully saturated rings. The van der Waals surface area contributed by atoms with E-state index in [1.54, 1.807) is 36.4 Å². The molecule has 1 aliphatic rings. The highest BCUT2D eigenvalue weighted by atomic mass is 32.2. The predicted octanol–water partition coefficient (Wildman–Crippen LogP) is 3.81. The van der Waals surface area contributed by atoms with Crippen LogP contribution >= 0.6 is 0 Å². The van der Waals surface area contributed by atoms with Gasteiger partial charge in [-0.1, -0.05) is 36.4 Å². The molecular weight excluding hydrogens is 490 g/mol. The first-order valence-corrected chi connectivity index (χ1v) is 13.7. The zero-order valence-corrected chi connectivity index (χ0v) is 22.0. The summed E-state index contributed by atoms with van der Waals surface area (Å²) in [6.07, 6.45) is 2.51. The van der Waals surface area contributed by atoms with Crippen LogP contribution in [0, 0.1) is 0 Å². The largest absolute Gasteiger partial charge is 0.497 e. The molecule has 1 aliphatic heterocycles. The van der Waals surface area contributed by atoms with Gasteiger partial charge in [0.1, 0.15) is 18.0 Å². The fraction of sp³-hybridized carbons (Fsp3) is 0.321. The molecule has 37 heavy (non-hydrogen) atoms. The minimum Gasteiger partial charge on any atom is -0.497 e. The minimum atomic E-state index is -4.07. The Hall–Kier alpha value is -3.56. The molecule has 8 nitrogen and oxygen atoms in total. The Morgan fingerprint density at radius 1 is 0.892 bits per heavy atom. The number of nitrogens with zero attached hydrogens (tertiary/aromatic N) is 2. The van der Waals surface area contributed by atoms with E-state index >= 15 is 0 Å². The van der Waals surface area contributed by atoms with Crippen LogP contribution < -0.4 is 19.1 Å². The summed E-state index contributed by atoms with van der Waals surface area (Å²) >= 11 is 0. The molecule has 4 rings (SSSR count). The first-order valence-electron chi connectivity index (χ1n) is 12.3. The first-order chi connectivity index (χ1) is 17.9. The lowest BCUT2D eigenvalue weighted by atomic mass is 10.1. The quantitative estimate of drug-likeness (QED) is 0.411. The number of sulfonamides is 1. The van der Waals surface area contributed by atoms with Crippen LogP contribution in [0.2, 0.25) is 0 Å². The lowest BCUT2D eigenvalue weighted by Crippen LogP contribution is -2.40. The molecule has 196 valence electrons. The van der Waals surface area contributed by atoms with Crippen LogP contribution in [0.25, 0.3) is 0 Å². The molecule has 0 spiro atoms. The third-order valence-electron chi connectivity index (χ3n) is 6.41. The fourth-order valence-corrected chi connectivity index (χ4v) is 5.79. The van der Waals surface area contributed by atoms with Crippen LogP contribution in [0.4, 0.5) is 5.69 Å². The van der Waals surface area contributed by atoms with Gasteiger partial charge in [-0.2, -0.15) is 0 Å². The zero-order chi connectivity index (χ0) is 26.3. The first kappa shape index (κ1) is 26.5. The van der Waals surface area contributed by atoms with Crippen molar-refractivity contribution in [2.45, 2.75) is 30.8 Å². The molecule has 1 N–H and O–H groups in total. The van der Waals surface area contributed by atoms with Crippen molar-refractivity contribution in [1.82, 2.24) is 10.2 Å². The maximum Gasteiger partial charge on any atom is 0.264 e. The van der Waals surface area contributed by atoms with E-state index in [1.165, 1.54) is 44.8 Å². The van der Waals surface area contributed by atoms with Gasteiger partial charge in [0.2, 0.25) is 5.91 Å². The highest BCUT2D eigenvalue weighted by Gasteiger charge is 2.29. The fourth-order valence-electron chi connectivity index (χ4n) is 4.36. The Labute approximate surface area is 218 Å². The van der Waals surface area contributed by atoms with Gasteiger partial charge in [-0.3, -0.25) is 14.0 Å². The zero-order valence-electron chi connectivity index (χ0n) is 21.2. The average molecular weight is 524 g/mol. The Morgan fingerprint density at radius 3 is 2.19 bits per heavy atom. The summed E-state index contributed by atoms with van der Waals surface area (Å²) in [5.74, 6) is 0.456. The predicted molar refractivity (Wildman–Crippen MR) is 143 cm³/mol. The van der Waals surface area contributed by atoms with Crippen LogP contribution in [-0.4, -0.2) is 53.1 Å². The number of nitrogens with one attached hydrogen (secondary N) is 1. The summed E-state index contributed by atoms with van der Waals surface area (Å²) in [5.41, 5.74) is 2.47. The Kier molecular flexibility index (Phi) is 8.68. The summed E-state index contributed by atoms with van der Waals surface area (Å²) in [6, 6.07) is 20.9. The van der Waals surface area contributed by atoms with Crippen molar-refractivity contribution in [3.63, 3.8) is 0 Å². The van der Waals surface area contributed by atoms with E-state index in [-0.39, 0.29) is 10.6 Å². The average Bonchev–Trinajstić information content (AvgIpc) is 3.44. The number of carbonyl (C=O) groups is 1. The van der Waals surface area contributed by atoms with Crippen molar-refractivity contribution in [3.8, 4) is 11.5 Å². The molecule has 3 aromatic carbocycles. The highest BCUT2D eigenvalue weighted by molar-refractivity contribution is 7.92. The van der Waals surface area contributed by atoms with Gasteiger partial charge < -0.3 is 14.8 Å². The molecule has 0 aromatic heterocycles. The van der Waals surface area contributed by atoms with Crippen molar-refractivity contribution < 1.29 is 22.7 Å². The van der Waals surface area contributed by atoms with Gasteiger partial charge in [0.05, 0.1) is 24.8 Å². The number of methoxy groups -OCH3 is 2. The maximum absolute atomic E-state index is 13.6. The van der Waals surface area contributed by atoms with Crippen LogP contribution in [0.15, 0.2) is 77.7 Å². The van der Waals surface area contributed by atoms with Crippen LogP contribution in [0.1, 0.15) is 24.0 Å².